The van der Waals surface area contributed by atoms with E-state index in [-0.39, 0.29) is 0 Å². The van der Waals surface area contributed by atoms with Gasteiger partial charge in [0.2, 0.25) is 0 Å². The molecule has 11 aromatic rings. The zero-order chi connectivity index (χ0) is 33.5. The van der Waals surface area contributed by atoms with Crippen LogP contribution in [0.5, 0.6) is 0 Å². The van der Waals surface area contributed by atoms with E-state index in [4.69, 9.17) is 9.97 Å². The fraction of sp³-hybridized carbons (Fsp3) is 0. The lowest BCUT2D eigenvalue weighted by molar-refractivity contribution is 1.19. The zero-order valence-electron chi connectivity index (χ0n) is 27.6. The van der Waals surface area contributed by atoms with Gasteiger partial charge in [-0.2, -0.15) is 0 Å². The van der Waals surface area contributed by atoms with Crippen molar-refractivity contribution in [3.05, 3.63) is 176 Å². The highest BCUT2D eigenvalue weighted by Gasteiger charge is 2.23. The Labute approximate surface area is 293 Å². The third-order valence-electron chi connectivity index (χ3n) is 10.5. The summed E-state index contributed by atoms with van der Waals surface area (Å²) >= 11 is 0. The number of hydrogen-bond acceptors (Lipinski definition) is 2. The molecule has 0 saturated heterocycles. The van der Waals surface area contributed by atoms with Gasteiger partial charge in [0.1, 0.15) is 0 Å². The first kappa shape index (κ1) is 28.0. The van der Waals surface area contributed by atoms with E-state index in [9.17, 15) is 0 Å². The molecule has 236 valence electrons. The first-order valence-corrected chi connectivity index (χ1v) is 17.4. The molecule has 0 unspecified atom stereocenters. The topological polar surface area (TPSA) is 30.7 Å². The first-order valence-electron chi connectivity index (χ1n) is 17.4. The number of para-hydroxylation sites is 3. The highest BCUT2D eigenvalue weighted by atomic mass is 15.0. The molecular formula is C48H29N3. The summed E-state index contributed by atoms with van der Waals surface area (Å²) < 4.78 is 2.46. The van der Waals surface area contributed by atoms with E-state index in [0.29, 0.717) is 5.82 Å². The maximum Gasteiger partial charge on any atom is 0.160 e. The first-order chi connectivity index (χ1) is 25.3. The van der Waals surface area contributed by atoms with Gasteiger partial charge in [-0.25, -0.2) is 9.97 Å². The highest BCUT2D eigenvalue weighted by Crippen LogP contribution is 2.48. The molecule has 0 bridgehead atoms. The predicted octanol–water partition coefficient (Wildman–Crippen LogP) is 12.7. The Hall–Kier alpha value is -6.84. The van der Waals surface area contributed by atoms with E-state index in [1.165, 1.54) is 64.9 Å². The molecule has 0 aliphatic carbocycles. The molecule has 0 amide bonds. The van der Waals surface area contributed by atoms with E-state index in [1.807, 2.05) is 6.07 Å². The summed E-state index contributed by atoms with van der Waals surface area (Å²) in [5.74, 6) is 0.716. The van der Waals surface area contributed by atoms with Crippen molar-refractivity contribution >= 4 is 75.8 Å². The molecular weight excluding hydrogens is 619 g/mol. The molecule has 0 saturated carbocycles. The van der Waals surface area contributed by atoms with Gasteiger partial charge in [-0.3, -0.25) is 0 Å². The van der Waals surface area contributed by atoms with E-state index in [2.05, 4.69) is 174 Å². The summed E-state index contributed by atoms with van der Waals surface area (Å²) in [6.07, 6.45) is 0. The molecule has 0 atom stereocenters. The predicted molar refractivity (Wildman–Crippen MR) is 215 cm³/mol. The molecule has 0 radical (unpaired) electrons. The van der Waals surface area contributed by atoms with Crippen LogP contribution in [-0.4, -0.2) is 14.5 Å². The molecule has 2 aromatic heterocycles. The van der Waals surface area contributed by atoms with Crippen LogP contribution in [-0.2, 0) is 0 Å². The molecule has 0 aliphatic rings. The quantitative estimate of drug-likeness (QED) is 0.179. The summed E-state index contributed by atoms with van der Waals surface area (Å²) in [4.78, 5) is 10.5. The van der Waals surface area contributed by atoms with Gasteiger partial charge in [0.05, 0.1) is 22.2 Å². The number of benzene rings is 9. The second kappa shape index (κ2) is 10.8. The molecule has 11 rings (SSSR count). The Morgan fingerprint density at radius 3 is 1.67 bits per heavy atom. The lowest BCUT2D eigenvalue weighted by Crippen LogP contribution is -1.97. The smallest absolute Gasteiger partial charge is 0.160 e. The summed E-state index contributed by atoms with van der Waals surface area (Å²) in [6, 6.07) is 63.0. The monoisotopic (exact) mass is 647 g/mol. The van der Waals surface area contributed by atoms with E-state index >= 15 is 0 Å². The SMILES string of the molecule is c1ccc(-c2nc(-c3ccc4c(c3)c3c(c5ccccc5n3-c3ccccc3)c3c5ccccc5c5ccccc5c43)nc3ccccc23)cc1. The van der Waals surface area contributed by atoms with Crippen molar-refractivity contribution in [2.75, 3.05) is 0 Å². The van der Waals surface area contributed by atoms with Crippen LogP contribution in [0.3, 0.4) is 0 Å². The standard InChI is InChI=1S/C48H29N3/c1-3-15-30(16-4-1)46-38-23-11-13-25-41(38)49-48(50-46)31-27-28-37-40(29-31)47-45(39-24-12-14-26-42(39)51(47)32-17-5-2-6-18-32)44-36-22-10-8-20-34(36)33-19-7-9-21-35(33)43(37)44/h1-29H. The minimum atomic E-state index is 0.716. The van der Waals surface area contributed by atoms with Crippen LogP contribution in [0, 0.1) is 0 Å². The fourth-order valence-electron chi connectivity index (χ4n) is 8.39. The van der Waals surface area contributed by atoms with Crippen molar-refractivity contribution in [2.24, 2.45) is 0 Å². The molecule has 9 aromatic carbocycles. The minimum absolute atomic E-state index is 0.716. The third-order valence-corrected chi connectivity index (χ3v) is 10.5. The fourth-order valence-corrected chi connectivity index (χ4v) is 8.39. The molecule has 0 aliphatic heterocycles. The van der Waals surface area contributed by atoms with Gasteiger partial charge >= 0.3 is 0 Å². The van der Waals surface area contributed by atoms with Crippen LogP contribution in [0.2, 0.25) is 0 Å². The van der Waals surface area contributed by atoms with E-state index in [1.54, 1.807) is 0 Å². The molecule has 51 heavy (non-hydrogen) atoms. The molecule has 2 heterocycles. The Morgan fingerprint density at radius 2 is 0.922 bits per heavy atom. The van der Waals surface area contributed by atoms with Crippen LogP contribution in [0.15, 0.2) is 176 Å². The van der Waals surface area contributed by atoms with Gasteiger partial charge in [-0.05, 0) is 62.6 Å². The highest BCUT2D eigenvalue weighted by molar-refractivity contribution is 6.42. The van der Waals surface area contributed by atoms with E-state index in [0.717, 1.165) is 33.4 Å². The van der Waals surface area contributed by atoms with Gasteiger partial charge in [-0.1, -0.05) is 146 Å². The Kier molecular flexibility index (Phi) is 5.96. The maximum absolute atomic E-state index is 5.29. The lowest BCUT2D eigenvalue weighted by atomic mass is 9.88. The van der Waals surface area contributed by atoms with Crippen molar-refractivity contribution in [1.82, 2.24) is 14.5 Å². The average molecular weight is 648 g/mol. The van der Waals surface area contributed by atoms with Crippen LogP contribution in [0.25, 0.3) is 104 Å². The molecule has 0 N–H and O–H groups in total. The maximum atomic E-state index is 5.29. The van der Waals surface area contributed by atoms with Gasteiger partial charge in [0.25, 0.3) is 0 Å². The second-order valence-corrected chi connectivity index (χ2v) is 13.3. The van der Waals surface area contributed by atoms with Gasteiger partial charge in [-0.15, -0.1) is 0 Å². The summed E-state index contributed by atoms with van der Waals surface area (Å²) in [6.45, 7) is 0. The Bertz CT molecular complexity index is 3180. The van der Waals surface area contributed by atoms with Gasteiger partial charge < -0.3 is 4.57 Å². The Balaban J connectivity index is 1.36. The number of rotatable bonds is 3. The van der Waals surface area contributed by atoms with Crippen LogP contribution < -0.4 is 0 Å². The summed E-state index contributed by atoms with van der Waals surface area (Å²) in [5, 5.41) is 13.6. The number of nitrogens with zero attached hydrogens (tertiary/aromatic N) is 3. The molecule has 0 fully saturated rings. The van der Waals surface area contributed by atoms with Crippen LogP contribution in [0.4, 0.5) is 0 Å². The zero-order valence-corrected chi connectivity index (χ0v) is 27.6. The van der Waals surface area contributed by atoms with E-state index < -0.39 is 0 Å². The molecule has 3 heteroatoms. The lowest BCUT2D eigenvalue weighted by Gasteiger charge is -2.17. The molecule has 3 nitrogen and oxygen atoms in total. The van der Waals surface area contributed by atoms with Crippen molar-refractivity contribution in [2.45, 2.75) is 0 Å². The molecule has 0 spiro atoms. The third kappa shape index (κ3) is 4.06. The largest absolute Gasteiger partial charge is 0.309 e. The van der Waals surface area contributed by atoms with Gasteiger partial charge in [0.15, 0.2) is 5.82 Å². The number of hydrogen-bond donors (Lipinski definition) is 0. The van der Waals surface area contributed by atoms with Crippen molar-refractivity contribution in [3.8, 4) is 28.3 Å². The normalized spacial score (nSPS) is 11.9. The van der Waals surface area contributed by atoms with Crippen LogP contribution >= 0.6 is 0 Å². The van der Waals surface area contributed by atoms with Crippen LogP contribution in [0.1, 0.15) is 0 Å². The summed E-state index contributed by atoms with van der Waals surface area (Å²) in [5.41, 5.74) is 7.44. The second-order valence-electron chi connectivity index (χ2n) is 13.3. The van der Waals surface area contributed by atoms with Crippen molar-refractivity contribution < 1.29 is 0 Å². The summed E-state index contributed by atoms with van der Waals surface area (Å²) in [7, 11) is 0. The Morgan fingerprint density at radius 1 is 0.353 bits per heavy atom. The number of fused-ring (bicyclic) bond motifs is 14. The van der Waals surface area contributed by atoms with Crippen molar-refractivity contribution in [3.63, 3.8) is 0 Å². The average Bonchev–Trinajstić information content (AvgIpc) is 3.56. The van der Waals surface area contributed by atoms with Crippen molar-refractivity contribution in [1.29, 1.82) is 0 Å². The van der Waals surface area contributed by atoms with Gasteiger partial charge in [0, 0.05) is 43.7 Å². The minimum Gasteiger partial charge on any atom is -0.309 e. The number of aromatic nitrogens is 3.